The molecule has 0 spiro atoms. The minimum absolute atomic E-state index is 0.301. The molecule has 1 aliphatic rings. The zero-order valence-corrected chi connectivity index (χ0v) is 11.3. The number of rotatable bonds is 6. The zero-order valence-electron chi connectivity index (χ0n) is 11.3. The van der Waals surface area contributed by atoms with E-state index in [0.29, 0.717) is 5.92 Å². The molecule has 2 rings (SSSR count). The van der Waals surface area contributed by atoms with E-state index in [1.54, 1.807) is 0 Å². The van der Waals surface area contributed by atoms with E-state index in [1.807, 2.05) is 6.07 Å². The Labute approximate surface area is 110 Å². The first-order valence-corrected chi connectivity index (χ1v) is 7.16. The summed E-state index contributed by atoms with van der Waals surface area (Å²) in [6.45, 7) is 3.81. The van der Waals surface area contributed by atoms with Crippen LogP contribution >= 0.6 is 0 Å². The number of aliphatic hydroxyl groups excluding tert-OH is 1. The average molecular weight is 248 g/mol. The van der Waals surface area contributed by atoms with Crippen molar-refractivity contribution in [1.29, 1.82) is 0 Å². The van der Waals surface area contributed by atoms with Crippen LogP contribution in [0.5, 0.6) is 0 Å². The third-order valence-electron chi connectivity index (χ3n) is 3.88. The number of benzene rings is 1. The van der Waals surface area contributed by atoms with Crippen molar-refractivity contribution in [2.45, 2.75) is 45.1 Å². The summed E-state index contributed by atoms with van der Waals surface area (Å²) in [5.41, 5.74) is 2.44. The van der Waals surface area contributed by atoms with Gasteiger partial charge in [0.2, 0.25) is 0 Å². The fraction of sp³-hybridized carbons (Fsp3) is 0.625. The Kier molecular flexibility index (Phi) is 5.21. The number of ether oxygens (including phenoxy) is 1. The van der Waals surface area contributed by atoms with Gasteiger partial charge in [0, 0.05) is 13.2 Å². The highest BCUT2D eigenvalue weighted by molar-refractivity contribution is 5.31. The lowest BCUT2D eigenvalue weighted by molar-refractivity contribution is 0.0545. The third-order valence-corrected chi connectivity index (χ3v) is 3.88. The minimum Gasteiger partial charge on any atom is -0.388 e. The van der Waals surface area contributed by atoms with Crippen LogP contribution in [0, 0.1) is 5.92 Å². The molecule has 0 heterocycles. The molecular weight excluding hydrogens is 224 g/mol. The average Bonchev–Trinajstić information content (AvgIpc) is 2.41. The van der Waals surface area contributed by atoms with Crippen molar-refractivity contribution in [2.24, 2.45) is 5.92 Å². The van der Waals surface area contributed by atoms with Gasteiger partial charge >= 0.3 is 0 Å². The predicted molar refractivity (Wildman–Crippen MR) is 73.6 cm³/mol. The van der Waals surface area contributed by atoms with Crippen LogP contribution in [0.2, 0.25) is 0 Å². The van der Waals surface area contributed by atoms with E-state index < -0.39 is 0 Å². The quantitative estimate of drug-likeness (QED) is 0.781. The highest BCUT2D eigenvalue weighted by Crippen LogP contribution is 2.35. The van der Waals surface area contributed by atoms with E-state index >= 15 is 0 Å². The van der Waals surface area contributed by atoms with Gasteiger partial charge in [0.05, 0.1) is 6.10 Å². The summed E-state index contributed by atoms with van der Waals surface area (Å²) in [4.78, 5) is 0. The molecular formula is C16H24O2. The fourth-order valence-electron chi connectivity index (χ4n) is 2.69. The molecule has 0 amide bonds. The summed E-state index contributed by atoms with van der Waals surface area (Å²) in [6, 6.07) is 8.26. The monoisotopic (exact) mass is 248 g/mol. The van der Waals surface area contributed by atoms with Gasteiger partial charge in [-0.05, 0) is 42.7 Å². The smallest absolute Gasteiger partial charge is 0.0821 e. The van der Waals surface area contributed by atoms with E-state index in [0.717, 1.165) is 44.5 Å². The van der Waals surface area contributed by atoms with Crippen molar-refractivity contribution in [1.82, 2.24) is 0 Å². The lowest BCUT2D eigenvalue weighted by Crippen LogP contribution is -2.22. The normalized spacial score (nSPS) is 22.8. The van der Waals surface area contributed by atoms with E-state index in [2.05, 4.69) is 25.1 Å². The maximum absolute atomic E-state index is 10.4. The van der Waals surface area contributed by atoms with Gasteiger partial charge in [-0.25, -0.2) is 0 Å². The molecule has 1 aromatic rings. The Morgan fingerprint density at radius 3 is 2.94 bits per heavy atom. The maximum Gasteiger partial charge on any atom is 0.0821 e. The highest BCUT2D eigenvalue weighted by atomic mass is 16.5. The number of hydrogen-bond donors (Lipinski definition) is 1. The molecule has 0 bridgehead atoms. The van der Waals surface area contributed by atoms with Gasteiger partial charge in [0.1, 0.15) is 0 Å². The molecule has 2 heteroatoms. The number of hydrogen-bond acceptors (Lipinski definition) is 2. The van der Waals surface area contributed by atoms with Gasteiger partial charge in [0.25, 0.3) is 0 Å². The van der Waals surface area contributed by atoms with E-state index in [1.165, 1.54) is 12.0 Å². The molecule has 100 valence electrons. The summed E-state index contributed by atoms with van der Waals surface area (Å²) >= 11 is 0. The summed E-state index contributed by atoms with van der Waals surface area (Å²) < 4.78 is 5.60. The Balaban J connectivity index is 1.82. The van der Waals surface area contributed by atoms with Gasteiger partial charge in [-0.2, -0.15) is 0 Å². The molecule has 2 nitrogen and oxygen atoms in total. The second kappa shape index (κ2) is 6.91. The highest BCUT2D eigenvalue weighted by Gasteiger charge is 2.26. The van der Waals surface area contributed by atoms with Crippen LogP contribution in [0.1, 0.15) is 49.8 Å². The van der Waals surface area contributed by atoms with Crippen molar-refractivity contribution in [3.63, 3.8) is 0 Å². The topological polar surface area (TPSA) is 29.5 Å². The molecule has 0 radical (unpaired) electrons. The van der Waals surface area contributed by atoms with Crippen LogP contribution in [0.4, 0.5) is 0 Å². The van der Waals surface area contributed by atoms with Gasteiger partial charge in [-0.15, -0.1) is 0 Å². The molecule has 0 fully saturated rings. The van der Waals surface area contributed by atoms with Crippen molar-refractivity contribution in [3.05, 3.63) is 35.4 Å². The number of fused-ring (bicyclic) bond motifs is 1. The predicted octanol–water partition coefficient (Wildman–Crippen LogP) is 3.49. The molecule has 1 N–H and O–H groups in total. The van der Waals surface area contributed by atoms with Crippen LogP contribution < -0.4 is 0 Å². The number of aliphatic hydroxyl groups is 1. The molecule has 2 atom stereocenters. The van der Waals surface area contributed by atoms with Crippen molar-refractivity contribution in [2.75, 3.05) is 13.2 Å². The zero-order chi connectivity index (χ0) is 12.8. The van der Waals surface area contributed by atoms with Crippen LogP contribution in [0.25, 0.3) is 0 Å². The molecule has 1 aromatic carbocycles. The molecule has 0 aliphatic heterocycles. The molecule has 0 aromatic heterocycles. The van der Waals surface area contributed by atoms with Crippen LogP contribution in [-0.2, 0) is 11.2 Å². The summed E-state index contributed by atoms with van der Waals surface area (Å²) in [5.74, 6) is 0.363. The van der Waals surface area contributed by atoms with Crippen LogP contribution in [0.15, 0.2) is 24.3 Å². The fourth-order valence-corrected chi connectivity index (χ4v) is 2.69. The SMILES string of the molecule is CCCCOCCC1CCc2ccccc2C1O. The number of unbranched alkanes of at least 4 members (excludes halogenated alkanes) is 1. The third kappa shape index (κ3) is 3.33. The molecule has 18 heavy (non-hydrogen) atoms. The summed E-state index contributed by atoms with van der Waals surface area (Å²) in [7, 11) is 0. The maximum atomic E-state index is 10.4. The summed E-state index contributed by atoms with van der Waals surface area (Å²) in [5, 5.41) is 10.4. The largest absolute Gasteiger partial charge is 0.388 e. The molecule has 0 saturated heterocycles. The molecule has 1 aliphatic carbocycles. The molecule has 0 saturated carbocycles. The van der Waals surface area contributed by atoms with E-state index in [9.17, 15) is 5.11 Å². The Hall–Kier alpha value is -0.860. The van der Waals surface area contributed by atoms with Crippen LogP contribution in [-0.4, -0.2) is 18.3 Å². The van der Waals surface area contributed by atoms with Crippen molar-refractivity contribution in [3.8, 4) is 0 Å². The Morgan fingerprint density at radius 2 is 2.11 bits per heavy atom. The second-order valence-corrected chi connectivity index (χ2v) is 5.20. The van der Waals surface area contributed by atoms with E-state index in [-0.39, 0.29) is 6.10 Å². The number of aryl methyl sites for hydroxylation is 1. The van der Waals surface area contributed by atoms with Crippen molar-refractivity contribution < 1.29 is 9.84 Å². The van der Waals surface area contributed by atoms with Gasteiger partial charge < -0.3 is 9.84 Å². The van der Waals surface area contributed by atoms with Crippen LogP contribution in [0.3, 0.4) is 0 Å². The van der Waals surface area contributed by atoms with E-state index in [4.69, 9.17) is 4.74 Å². The second-order valence-electron chi connectivity index (χ2n) is 5.20. The lowest BCUT2D eigenvalue weighted by atomic mass is 9.80. The first-order valence-electron chi connectivity index (χ1n) is 7.16. The summed E-state index contributed by atoms with van der Waals surface area (Å²) in [6.07, 6.45) is 5.15. The molecule has 2 unspecified atom stereocenters. The Morgan fingerprint density at radius 1 is 1.28 bits per heavy atom. The van der Waals surface area contributed by atoms with Gasteiger partial charge in [0.15, 0.2) is 0 Å². The first kappa shape index (κ1) is 13.6. The Bertz CT molecular complexity index is 362. The first-order chi connectivity index (χ1) is 8.83. The van der Waals surface area contributed by atoms with Gasteiger partial charge in [-0.1, -0.05) is 37.6 Å². The standard InChI is InChI=1S/C16H24O2/c1-2-3-11-18-12-10-14-9-8-13-6-4-5-7-15(13)16(14)17/h4-7,14,16-17H,2-3,8-12H2,1H3. The van der Waals surface area contributed by atoms with Crippen molar-refractivity contribution >= 4 is 0 Å². The van der Waals surface area contributed by atoms with Gasteiger partial charge in [-0.3, -0.25) is 0 Å². The minimum atomic E-state index is -0.301. The lowest BCUT2D eigenvalue weighted by Gasteiger charge is -2.30.